The third-order valence-electron chi connectivity index (χ3n) is 6.21. The van der Waals surface area contributed by atoms with E-state index in [2.05, 4.69) is 31.9 Å². The lowest BCUT2D eigenvalue weighted by Gasteiger charge is -2.28. The molecule has 4 rings (SSSR count). The van der Waals surface area contributed by atoms with Crippen molar-refractivity contribution in [3.63, 3.8) is 0 Å². The number of fused-ring (bicyclic) bond motifs is 5. The van der Waals surface area contributed by atoms with Gasteiger partial charge in [-0.05, 0) is 49.4 Å². The van der Waals surface area contributed by atoms with Gasteiger partial charge in [-0.2, -0.15) is 5.26 Å². The summed E-state index contributed by atoms with van der Waals surface area (Å²) in [5.41, 5.74) is 0.113. The number of alkyl halides is 2. The third kappa shape index (κ3) is 3.00. The van der Waals surface area contributed by atoms with Gasteiger partial charge in [0.15, 0.2) is 5.57 Å². The van der Waals surface area contributed by atoms with Crippen LogP contribution in [-0.4, -0.2) is 39.2 Å². The monoisotopic (exact) mass is 536 g/mol. The molecule has 9 heteroatoms. The third-order valence-corrected chi connectivity index (χ3v) is 9.42. The van der Waals surface area contributed by atoms with Crippen LogP contribution in [0.25, 0.3) is 5.76 Å². The predicted octanol–water partition coefficient (Wildman–Crippen LogP) is 3.32. The van der Waals surface area contributed by atoms with E-state index in [4.69, 9.17) is 10.00 Å². The maximum atomic E-state index is 13.1. The number of ether oxygens (including phenoxy) is 1. The average Bonchev–Trinajstić information content (AvgIpc) is 3.34. The number of amides is 2. The zero-order valence-electron chi connectivity index (χ0n) is 15.9. The molecule has 1 N–H and O–H groups in total. The summed E-state index contributed by atoms with van der Waals surface area (Å²) in [4.78, 5) is 39.5. The summed E-state index contributed by atoms with van der Waals surface area (Å²) in [6.07, 6.45) is 0.856. The van der Waals surface area contributed by atoms with Gasteiger partial charge in [-0.15, -0.1) is 0 Å². The van der Waals surface area contributed by atoms with E-state index >= 15 is 0 Å². The van der Waals surface area contributed by atoms with Gasteiger partial charge >= 0.3 is 5.97 Å². The second-order valence-corrected chi connectivity index (χ2v) is 9.73. The quantitative estimate of drug-likeness (QED) is 0.158. The van der Waals surface area contributed by atoms with Crippen LogP contribution in [0, 0.1) is 35.0 Å². The van der Waals surface area contributed by atoms with Gasteiger partial charge in [0.05, 0.1) is 24.1 Å². The molecule has 30 heavy (non-hydrogen) atoms. The van der Waals surface area contributed by atoms with Crippen LogP contribution in [0.1, 0.15) is 18.9 Å². The SMILES string of the molecule is CCOC(=O)/C(C#N)=C(\O)c1ccc(N2C(=O)[C@@H]3[C@H]4C[C@@H]([C@H](Br)[C@@H]4Br)[C@@H]3C2=O)cc1. The molecule has 3 aliphatic rings. The van der Waals surface area contributed by atoms with Crippen molar-refractivity contribution in [1.29, 1.82) is 5.26 Å². The van der Waals surface area contributed by atoms with Crippen molar-refractivity contribution >= 4 is 61.1 Å². The summed E-state index contributed by atoms with van der Waals surface area (Å²) in [6.45, 7) is 1.67. The number of imide groups is 1. The number of nitrogens with zero attached hydrogens (tertiary/aromatic N) is 2. The maximum absolute atomic E-state index is 13.1. The first-order valence-electron chi connectivity index (χ1n) is 9.58. The summed E-state index contributed by atoms with van der Waals surface area (Å²) in [5.74, 6) is -2.20. The van der Waals surface area contributed by atoms with Gasteiger partial charge in [-0.3, -0.25) is 14.5 Å². The molecule has 2 amide bonds. The molecule has 156 valence electrons. The van der Waals surface area contributed by atoms with Gasteiger partial charge in [0.2, 0.25) is 11.8 Å². The molecule has 1 heterocycles. The minimum absolute atomic E-state index is 0.0737. The van der Waals surface area contributed by atoms with E-state index in [0.29, 0.717) is 5.69 Å². The number of hydrogen-bond acceptors (Lipinski definition) is 6. The fourth-order valence-electron chi connectivity index (χ4n) is 4.91. The Labute approximate surface area is 189 Å². The second kappa shape index (κ2) is 7.82. The first-order valence-corrected chi connectivity index (χ1v) is 11.4. The normalized spacial score (nSPS) is 32.7. The Morgan fingerprint density at radius 3 is 2.17 bits per heavy atom. The topological polar surface area (TPSA) is 108 Å². The maximum Gasteiger partial charge on any atom is 0.352 e. The number of aliphatic hydroxyl groups is 1. The molecule has 2 bridgehead atoms. The van der Waals surface area contributed by atoms with Crippen LogP contribution in [0.4, 0.5) is 5.69 Å². The van der Waals surface area contributed by atoms with Crippen LogP contribution >= 0.6 is 31.9 Å². The van der Waals surface area contributed by atoms with Crippen molar-refractivity contribution in [2.75, 3.05) is 11.5 Å². The summed E-state index contributed by atoms with van der Waals surface area (Å²) in [5, 5.41) is 19.5. The van der Waals surface area contributed by atoms with E-state index in [1.807, 2.05) is 0 Å². The molecule has 3 fully saturated rings. The van der Waals surface area contributed by atoms with Crippen LogP contribution in [0.3, 0.4) is 0 Å². The Balaban J connectivity index is 1.61. The highest BCUT2D eigenvalue weighted by atomic mass is 79.9. The molecule has 2 saturated carbocycles. The molecule has 1 saturated heterocycles. The standard InChI is InChI=1S/C21H18Br2N2O5/c1-2-30-21(29)13(8-24)18(26)9-3-5-10(6-4-9)25-19(27)14-11-7-12(15(14)20(25)28)17(23)16(11)22/h3-6,11-12,14-17,26H,2,7H2,1H3/b18-13-/t11-,12-,14-,15+,16-,17+/m1/s1. The Kier molecular flexibility index (Phi) is 5.49. The lowest BCUT2D eigenvalue weighted by atomic mass is 9.81. The Hall–Kier alpha value is -2.18. The lowest BCUT2D eigenvalue weighted by Crippen LogP contribution is -2.37. The minimum Gasteiger partial charge on any atom is -0.506 e. The number of rotatable bonds is 4. The summed E-state index contributed by atoms with van der Waals surface area (Å²) < 4.78 is 4.77. The zero-order chi connectivity index (χ0) is 21.7. The molecule has 0 spiro atoms. The average molecular weight is 538 g/mol. The van der Waals surface area contributed by atoms with Crippen LogP contribution in [0.5, 0.6) is 0 Å². The van der Waals surface area contributed by atoms with Crippen LogP contribution in [0.2, 0.25) is 0 Å². The second-order valence-electron chi connectivity index (χ2n) is 7.62. The van der Waals surface area contributed by atoms with E-state index < -0.39 is 17.3 Å². The Bertz CT molecular complexity index is 968. The first kappa shape index (κ1) is 21.1. The van der Waals surface area contributed by atoms with Crippen molar-refractivity contribution in [3.05, 3.63) is 35.4 Å². The molecule has 6 atom stereocenters. The highest BCUT2D eigenvalue weighted by molar-refractivity contribution is 9.12. The first-order chi connectivity index (χ1) is 14.3. The van der Waals surface area contributed by atoms with Crippen molar-refractivity contribution in [2.24, 2.45) is 23.7 Å². The van der Waals surface area contributed by atoms with E-state index in [1.165, 1.54) is 29.2 Å². The minimum atomic E-state index is -0.913. The molecule has 1 aromatic carbocycles. The van der Waals surface area contributed by atoms with Crippen molar-refractivity contribution in [1.82, 2.24) is 0 Å². The fraction of sp³-hybridized carbons (Fsp3) is 0.429. The van der Waals surface area contributed by atoms with Gasteiger partial charge in [-0.25, -0.2) is 4.79 Å². The smallest absolute Gasteiger partial charge is 0.352 e. The molecule has 2 aliphatic carbocycles. The summed E-state index contributed by atoms with van der Waals surface area (Å²) in [7, 11) is 0. The molecular formula is C21H18Br2N2O5. The number of carbonyl (C=O) groups is 3. The van der Waals surface area contributed by atoms with Crippen molar-refractivity contribution < 1.29 is 24.2 Å². The fourth-order valence-corrected chi connectivity index (χ4v) is 6.79. The van der Waals surface area contributed by atoms with Gasteiger partial charge in [0, 0.05) is 15.2 Å². The molecule has 7 nitrogen and oxygen atoms in total. The number of benzene rings is 1. The number of nitriles is 1. The lowest BCUT2D eigenvalue weighted by molar-refractivity contribution is -0.138. The number of hydrogen-bond donors (Lipinski definition) is 1. The largest absolute Gasteiger partial charge is 0.506 e. The summed E-state index contributed by atoms with van der Waals surface area (Å²) in [6, 6.07) is 7.63. The number of anilines is 1. The van der Waals surface area contributed by atoms with Crippen LogP contribution < -0.4 is 4.90 Å². The predicted molar refractivity (Wildman–Crippen MR) is 115 cm³/mol. The molecule has 1 aliphatic heterocycles. The molecule has 0 aromatic heterocycles. The molecular weight excluding hydrogens is 520 g/mol. The highest BCUT2D eigenvalue weighted by Crippen LogP contribution is 2.60. The zero-order valence-corrected chi connectivity index (χ0v) is 19.1. The van der Waals surface area contributed by atoms with Crippen molar-refractivity contribution in [2.45, 2.75) is 23.0 Å². The van der Waals surface area contributed by atoms with Gasteiger partial charge in [0.25, 0.3) is 0 Å². The van der Waals surface area contributed by atoms with E-state index in [9.17, 15) is 19.5 Å². The van der Waals surface area contributed by atoms with Gasteiger partial charge in [-0.1, -0.05) is 31.9 Å². The number of aliphatic hydroxyl groups excluding tert-OH is 1. The molecule has 0 radical (unpaired) electrons. The van der Waals surface area contributed by atoms with E-state index in [0.717, 1.165) is 6.42 Å². The van der Waals surface area contributed by atoms with Crippen LogP contribution in [-0.2, 0) is 19.1 Å². The number of esters is 1. The van der Waals surface area contributed by atoms with E-state index in [-0.39, 0.29) is 57.3 Å². The molecule has 0 unspecified atom stereocenters. The van der Waals surface area contributed by atoms with Gasteiger partial charge < -0.3 is 9.84 Å². The number of carbonyl (C=O) groups excluding carboxylic acids is 3. The number of halogens is 2. The van der Waals surface area contributed by atoms with E-state index in [1.54, 1.807) is 13.0 Å². The van der Waals surface area contributed by atoms with Crippen LogP contribution in [0.15, 0.2) is 29.8 Å². The highest BCUT2D eigenvalue weighted by Gasteiger charge is 2.66. The van der Waals surface area contributed by atoms with Gasteiger partial charge in [0.1, 0.15) is 11.8 Å². The Morgan fingerprint density at radius 2 is 1.70 bits per heavy atom. The summed E-state index contributed by atoms with van der Waals surface area (Å²) >= 11 is 7.33. The Morgan fingerprint density at radius 1 is 1.17 bits per heavy atom. The van der Waals surface area contributed by atoms with Crippen molar-refractivity contribution in [3.8, 4) is 6.07 Å². The molecule has 1 aromatic rings.